The number of carbonyl (C=O) groups excluding carboxylic acids is 4. The van der Waals surface area contributed by atoms with Crippen molar-refractivity contribution in [1.29, 1.82) is 0 Å². The summed E-state index contributed by atoms with van der Waals surface area (Å²) in [6.45, 7) is -0.181. The number of hydrogen-bond acceptors (Lipinski definition) is 24. The van der Waals surface area contributed by atoms with Crippen molar-refractivity contribution in [2.24, 2.45) is 4.99 Å². The maximum Gasteiger partial charge on any atom is 1.00 e. The van der Waals surface area contributed by atoms with Crippen molar-refractivity contribution in [1.82, 2.24) is 0 Å². The fourth-order valence-corrected chi connectivity index (χ4v) is 17.2. The van der Waals surface area contributed by atoms with Gasteiger partial charge in [-0.25, -0.2) is 24.2 Å². The standard InChI is InChI=1S/C14H10BrNO4S.C13H7BrClNS.C13H8BrNO4S.C13H10BrNO2S.C13H8BrNOS.C8H8O2S.C6H3BrFNO2.CH3I.CH2O3.2Cs.H/c1-20-14(17)10-4-2-3-5-12(10)21-13-7-6-9(15)8-11(13)16(18)19;14-8-5-6-12-10(7-8)16-13(15)9-3-1-2-4-11(9)17-12;14-8-5-6-12(10(7-8)15(18)19)20-11-4-2-1-3-9(11)13(16)17;14-8-5-6-12(10(15)7-8)18-11-4-2-1-3-9(11)13(16)17;14-8-5-6-12-10(7-8)15-13(16)9-3-1-2-4-11(9)17-12;1-10-8(9)6-4-2-3-5-7(6)11;7-4-1-2-5(8)6(3-4)9(10)11;1-2;2-1-4-3;;;/h2-8H,1H3;1-7H;1-7H,(H,16,17);1-7H,15H2,(H,16,17);1-7H,(H,15,16);2-5,11H,1H3;1-3H;1H3;1,3H;;;/q;;;;;;;;;2*+1;-1/p-1/i;;;;;;;1D;;;;. The van der Waals surface area contributed by atoms with Gasteiger partial charge in [0.1, 0.15) is 5.17 Å². The summed E-state index contributed by atoms with van der Waals surface area (Å²) < 4.78 is 32.6. The van der Waals surface area contributed by atoms with E-state index in [4.69, 9.17) is 43.7 Å². The molecule has 12 aromatic rings. The number of hydrogen-bond donors (Lipinski definition) is 5. The Labute approximate surface area is 919 Å². The number of anilines is 2. The van der Waals surface area contributed by atoms with Gasteiger partial charge in [0, 0.05) is 102 Å². The molecule has 0 unspecified atom stereocenters. The van der Waals surface area contributed by atoms with Crippen molar-refractivity contribution >= 4 is 277 Å². The minimum atomic E-state index is -1.06. The molecule has 0 saturated carbocycles. The predicted molar refractivity (Wildman–Crippen MR) is 501 cm³/mol. The number of nitrogens with zero attached hydrogens (tertiary/aromatic N) is 4. The molecule has 41 heteroatoms. The SMILES string of the molecule is COC(=O)c1ccccc1S.COC(=O)c1ccccc1Sc1ccc(Br)cc1[N+](=O)[O-].ClC1=Nc2cc(Br)ccc2Sc2ccccc21.Nc1cc(Br)ccc1Sc1ccccc1C(=O)O.O=C(O)c1ccccc1Sc1ccc(Br)cc1[N+](=O)[O-].O=C1Nc2cc(Br)ccc2Sc2ccccc21.O=CO[O-].O=[N+]([O-])c1cc(Br)ccc1F.[2H]CI.[Cs+].[Cs+].[H-]. The first-order valence-corrected chi connectivity index (χ1v) is 44.5. The number of ether oxygens (including phenoxy) is 2. The topological polar surface area (TPSA) is 373 Å². The van der Waals surface area contributed by atoms with Crippen molar-refractivity contribution in [3.8, 4) is 0 Å². The van der Waals surface area contributed by atoms with Crippen LogP contribution in [-0.4, -0.2) is 85.5 Å². The Morgan fingerprint density at radius 3 is 1.35 bits per heavy atom. The van der Waals surface area contributed by atoms with E-state index in [0.29, 0.717) is 69.7 Å². The first kappa shape index (κ1) is 109. The van der Waals surface area contributed by atoms with Crippen LogP contribution >= 0.6 is 201 Å². The summed E-state index contributed by atoms with van der Waals surface area (Å²) in [5, 5.41) is 62.4. The number of nitrogens with two attached hydrogens (primary N) is 1. The second-order valence-electron chi connectivity index (χ2n) is 22.7. The number of carboxylic acids is 2. The number of halogens is 9. The van der Waals surface area contributed by atoms with Crippen LogP contribution in [0.15, 0.2) is 340 Å². The van der Waals surface area contributed by atoms with Gasteiger partial charge in [-0.2, -0.15) is 4.39 Å². The number of thiol groups is 1. The molecule has 626 valence electrons. The number of aromatic carboxylic acids is 2. The number of nitrogen functional groups attached to an aromatic ring is 1. The van der Waals surface area contributed by atoms with Gasteiger partial charge in [-0.15, -0.1) is 12.6 Å². The number of fused-ring (bicyclic) bond motifs is 4. The Morgan fingerprint density at radius 1 is 0.528 bits per heavy atom. The molecule has 0 aromatic heterocycles. The van der Waals surface area contributed by atoms with E-state index in [1.54, 1.807) is 133 Å². The van der Waals surface area contributed by atoms with Crippen molar-refractivity contribution in [2.75, 3.05) is 30.2 Å². The van der Waals surface area contributed by atoms with Crippen LogP contribution in [0.3, 0.4) is 0 Å². The summed E-state index contributed by atoms with van der Waals surface area (Å²) in [5.74, 6) is -3.70. The van der Waals surface area contributed by atoms with Crippen molar-refractivity contribution in [3.63, 3.8) is 0 Å². The van der Waals surface area contributed by atoms with E-state index in [1.165, 1.54) is 50.2 Å². The van der Waals surface area contributed by atoms with E-state index in [9.17, 15) is 58.7 Å². The molecular weight excluding hydrogens is 2480 g/mol. The average Bonchev–Trinajstić information content (AvgIpc) is 1.76. The first-order valence-electron chi connectivity index (χ1n) is 34.0. The zero-order valence-corrected chi connectivity index (χ0v) is 93.7. The third-order valence-electron chi connectivity index (χ3n) is 14.9. The van der Waals surface area contributed by atoms with E-state index in [-0.39, 0.29) is 180 Å². The van der Waals surface area contributed by atoms with Crippen LogP contribution in [-0.2, 0) is 19.2 Å². The normalized spacial score (nSPS) is 10.6. The largest absolute Gasteiger partial charge is 1.00 e. The van der Waals surface area contributed by atoms with Gasteiger partial charge in [0.2, 0.25) is 5.82 Å². The summed E-state index contributed by atoms with van der Waals surface area (Å²) in [6, 6.07) is 73.3. The second kappa shape index (κ2) is 57.9. The van der Waals surface area contributed by atoms with Crippen LogP contribution in [0, 0.1) is 36.2 Å². The van der Waals surface area contributed by atoms with Crippen LogP contribution in [0.5, 0.6) is 0 Å². The van der Waals surface area contributed by atoms with Crippen molar-refractivity contribution in [2.45, 2.75) is 53.9 Å². The van der Waals surface area contributed by atoms with Crippen LogP contribution in [0.1, 0.15) is 60.2 Å². The van der Waals surface area contributed by atoms with Gasteiger partial charge in [0.15, 0.2) is 0 Å². The molecule has 12 aromatic carbocycles. The molecule has 0 aliphatic carbocycles. The fraction of sp³-hybridized carbons (Fsp3) is 0.0366. The van der Waals surface area contributed by atoms with Gasteiger partial charge in [0.25, 0.3) is 23.8 Å². The molecule has 123 heavy (non-hydrogen) atoms. The molecule has 1 amide bonds. The van der Waals surface area contributed by atoms with Crippen LogP contribution in [0.2, 0.25) is 0 Å². The van der Waals surface area contributed by atoms with Crippen LogP contribution < -0.4 is 154 Å². The number of amides is 1. The smallest absolute Gasteiger partial charge is 1.00 e. The molecule has 0 bridgehead atoms. The monoisotopic (exact) mass is 2530 g/mol. The molecule has 2 heterocycles. The summed E-state index contributed by atoms with van der Waals surface area (Å²) in [4.78, 5) is 112. The summed E-state index contributed by atoms with van der Waals surface area (Å²) in [7, 11) is 2.65. The molecular formula is C82H59Br6ClCs2FIN6O18S6. The van der Waals surface area contributed by atoms with Crippen molar-refractivity contribution in [3.05, 3.63) is 351 Å². The number of alkyl halides is 1. The number of nitrogens with one attached hydrogen (secondary N) is 1. The number of aliphatic imine (C=N–C) groups is 1. The fourth-order valence-electron chi connectivity index (χ4n) is 9.50. The molecule has 24 nitrogen and oxygen atoms in total. The molecule has 0 radical (unpaired) electrons. The first-order chi connectivity index (χ1) is 58.3. The minimum Gasteiger partial charge on any atom is -1.00 e. The zero-order valence-electron chi connectivity index (χ0n) is 65.7. The summed E-state index contributed by atoms with van der Waals surface area (Å²) in [6.07, 6.45) is 0. The Morgan fingerprint density at radius 2 is 0.886 bits per heavy atom. The number of nitro benzene ring substituents is 3. The Balaban J connectivity index is 0.000000373. The summed E-state index contributed by atoms with van der Waals surface area (Å²) >= 11 is 38.8. The van der Waals surface area contributed by atoms with Crippen LogP contribution in [0.25, 0.3) is 0 Å². The van der Waals surface area contributed by atoms with Crippen LogP contribution in [0.4, 0.5) is 38.5 Å². The van der Waals surface area contributed by atoms with E-state index < -0.39 is 44.2 Å². The van der Waals surface area contributed by atoms with E-state index in [1.807, 2.05) is 120 Å². The zero-order chi connectivity index (χ0) is 89.7. The number of esters is 2. The number of methoxy groups -OCH3 is 2. The number of nitro groups is 3. The predicted octanol–water partition coefficient (Wildman–Crippen LogP) is 19.6. The maximum atomic E-state index is 12.6. The van der Waals surface area contributed by atoms with E-state index in [0.717, 1.165) is 96.1 Å². The molecule has 5 N–H and O–H groups in total. The Hall–Kier alpha value is -4.88. The third kappa shape index (κ3) is 35.8. The van der Waals surface area contributed by atoms with Gasteiger partial charge < -0.3 is 42.3 Å². The minimum absolute atomic E-state index is 0. The quantitative estimate of drug-likeness (QED) is 0.00777. The van der Waals surface area contributed by atoms with E-state index >= 15 is 0 Å². The van der Waals surface area contributed by atoms with Crippen molar-refractivity contribution < 1.29 is 218 Å². The summed E-state index contributed by atoms with van der Waals surface area (Å²) in [5.41, 5.74) is 10.7. The van der Waals surface area contributed by atoms with Gasteiger partial charge in [-0.05, 0) is 163 Å². The second-order valence-corrected chi connectivity index (χ2v) is 34.4. The molecule has 14 rings (SSSR count). The molecule has 0 saturated heterocycles. The molecule has 0 spiro atoms. The number of benzene rings is 12. The molecule has 2 aliphatic heterocycles. The molecule has 2 aliphatic rings. The number of carboxylic acid groups (broad SMARTS) is 2. The Bertz CT molecular complexity index is 5850. The number of carbonyl (C=O) groups is 6. The average molecular weight is 2540 g/mol. The maximum absolute atomic E-state index is 12.6. The van der Waals surface area contributed by atoms with Gasteiger partial charge in [0.05, 0.1) is 78.0 Å². The molecule has 0 atom stereocenters. The van der Waals surface area contributed by atoms with Gasteiger partial charge in [-0.1, -0.05) is 267 Å². The number of rotatable bonds is 14. The van der Waals surface area contributed by atoms with Gasteiger partial charge in [-0.3, -0.25) is 39.9 Å². The molecule has 0 fully saturated rings. The Kier molecular flexibility index (Phi) is 51.2. The van der Waals surface area contributed by atoms with E-state index in [2.05, 4.69) is 140 Å². The third-order valence-corrected chi connectivity index (χ3v) is 24.2. The van der Waals surface area contributed by atoms with Gasteiger partial charge >= 0.3 is 167 Å².